The highest BCUT2D eigenvalue weighted by Gasteiger charge is 2.24. The molecule has 0 aromatic heterocycles. The summed E-state index contributed by atoms with van der Waals surface area (Å²) in [6.45, 7) is 3.84. The number of methoxy groups -OCH3 is 1. The molecule has 2 rings (SSSR count). The minimum absolute atomic E-state index is 0.392. The van der Waals surface area contributed by atoms with E-state index in [1.54, 1.807) is 7.11 Å². The maximum Gasteiger partial charge on any atom is 0.122 e. The molecule has 100 valence electrons. The van der Waals surface area contributed by atoms with Gasteiger partial charge >= 0.3 is 0 Å². The number of nitrogens with one attached hydrogen (secondary N) is 1. The van der Waals surface area contributed by atoms with E-state index in [4.69, 9.17) is 9.47 Å². The summed E-state index contributed by atoms with van der Waals surface area (Å²) in [6.07, 6.45) is 2.25. The van der Waals surface area contributed by atoms with Gasteiger partial charge in [-0.15, -0.1) is 0 Å². The Morgan fingerprint density at radius 3 is 2.67 bits per heavy atom. The van der Waals surface area contributed by atoms with Crippen LogP contribution in [0.3, 0.4) is 0 Å². The lowest BCUT2D eigenvalue weighted by Crippen LogP contribution is -2.30. The molecule has 1 heterocycles. The third kappa shape index (κ3) is 2.85. The van der Waals surface area contributed by atoms with E-state index in [0.29, 0.717) is 12.0 Å². The zero-order chi connectivity index (χ0) is 13.0. The molecule has 1 aromatic carbocycles. The van der Waals surface area contributed by atoms with Crippen LogP contribution in [0.1, 0.15) is 30.0 Å². The van der Waals surface area contributed by atoms with Crippen molar-refractivity contribution in [1.82, 2.24) is 5.32 Å². The molecular formula is C15H23NO2. The maximum absolute atomic E-state index is 5.44. The third-order valence-electron chi connectivity index (χ3n) is 3.84. The molecule has 0 amide bonds. The van der Waals surface area contributed by atoms with E-state index in [1.165, 1.54) is 11.1 Å². The number of rotatable bonds is 4. The number of benzene rings is 1. The summed E-state index contributed by atoms with van der Waals surface area (Å²) in [4.78, 5) is 0. The lowest BCUT2D eigenvalue weighted by Gasteiger charge is -2.30. The SMILES string of the molecule is CNC(c1ccc(C)c(OC)c1)C1CCOCC1. The molecule has 0 bridgehead atoms. The zero-order valence-electron chi connectivity index (χ0n) is 11.5. The second kappa shape index (κ2) is 6.21. The Labute approximate surface area is 109 Å². The van der Waals surface area contributed by atoms with Gasteiger partial charge in [0.15, 0.2) is 0 Å². The van der Waals surface area contributed by atoms with Gasteiger partial charge in [0.25, 0.3) is 0 Å². The smallest absolute Gasteiger partial charge is 0.122 e. The van der Waals surface area contributed by atoms with Gasteiger partial charge in [0, 0.05) is 19.3 Å². The van der Waals surface area contributed by atoms with E-state index >= 15 is 0 Å². The summed E-state index contributed by atoms with van der Waals surface area (Å²) in [7, 11) is 3.77. The molecule has 1 aromatic rings. The molecule has 1 aliphatic heterocycles. The van der Waals surface area contributed by atoms with E-state index in [2.05, 4.69) is 30.4 Å². The number of hydrogen-bond donors (Lipinski definition) is 1. The Balaban J connectivity index is 2.20. The van der Waals surface area contributed by atoms with Crippen molar-refractivity contribution >= 4 is 0 Å². The third-order valence-corrected chi connectivity index (χ3v) is 3.84. The molecule has 1 fully saturated rings. The highest BCUT2D eigenvalue weighted by atomic mass is 16.5. The largest absolute Gasteiger partial charge is 0.496 e. The van der Waals surface area contributed by atoms with Gasteiger partial charge in [0.2, 0.25) is 0 Å². The van der Waals surface area contributed by atoms with Crippen molar-refractivity contribution in [3.8, 4) is 5.75 Å². The Hall–Kier alpha value is -1.06. The fraction of sp³-hybridized carbons (Fsp3) is 0.600. The van der Waals surface area contributed by atoms with Gasteiger partial charge in [-0.2, -0.15) is 0 Å². The molecule has 0 spiro atoms. The fourth-order valence-corrected chi connectivity index (χ4v) is 2.75. The standard InChI is InChI=1S/C15H23NO2/c1-11-4-5-13(10-14(11)17-3)15(16-2)12-6-8-18-9-7-12/h4-5,10,12,15-16H,6-9H2,1-3H3. The summed E-state index contributed by atoms with van der Waals surface area (Å²) in [6, 6.07) is 6.89. The summed E-state index contributed by atoms with van der Waals surface area (Å²) < 4.78 is 10.9. The highest BCUT2D eigenvalue weighted by Crippen LogP contribution is 2.32. The molecular weight excluding hydrogens is 226 g/mol. The Morgan fingerprint density at radius 2 is 2.06 bits per heavy atom. The van der Waals surface area contributed by atoms with Crippen LogP contribution in [0.25, 0.3) is 0 Å². The van der Waals surface area contributed by atoms with Crippen molar-refractivity contribution in [3.05, 3.63) is 29.3 Å². The summed E-state index contributed by atoms with van der Waals surface area (Å²) >= 11 is 0. The summed E-state index contributed by atoms with van der Waals surface area (Å²) in [5.74, 6) is 1.62. The molecule has 3 nitrogen and oxygen atoms in total. The molecule has 18 heavy (non-hydrogen) atoms. The second-order valence-electron chi connectivity index (χ2n) is 4.95. The van der Waals surface area contributed by atoms with E-state index < -0.39 is 0 Å². The fourth-order valence-electron chi connectivity index (χ4n) is 2.75. The number of aryl methyl sites for hydroxylation is 1. The van der Waals surface area contributed by atoms with Crippen LogP contribution in [0, 0.1) is 12.8 Å². The predicted octanol–water partition coefficient (Wildman–Crippen LogP) is 2.69. The maximum atomic E-state index is 5.44. The quantitative estimate of drug-likeness (QED) is 0.890. The zero-order valence-corrected chi connectivity index (χ0v) is 11.5. The highest BCUT2D eigenvalue weighted by molar-refractivity contribution is 5.38. The van der Waals surface area contributed by atoms with Gasteiger partial charge in [0.1, 0.15) is 5.75 Å². The summed E-state index contributed by atoms with van der Waals surface area (Å²) in [5, 5.41) is 3.45. The van der Waals surface area contributed by atoms with Crippen molar-refractivity contribution in [2.24, 2.45) is 5.92 Å². The molecule has 0 radical (unpaired) electrons. The first kappa shape index (κ1) is 13.4. The minimum atomic E-state index is 0.392. The van der Waals surface area contributed by atoms with E-state index in [9.17, 15) is 0 Å². The van der Waals surface area contributed by atoms with Crippen LogP contribution < -0.4 is 10.1 Å². The lowest BCUT2D eigenvalue weighted by molar-refractivity contribution is 0.0546. The molecule has 0 aliphatic carbocycles. The van der Waals surface area contributed by atoms with Crippen LogP contribution in [0.4, 0.5) is 0 Å². The van der Waals surface area contributed by atoms with Crippen LogP contribution in [0.5, 0.6) is 5.75 Å². The molecule has 1 N–H and O–H groups in total. The second-order valence-corrected chi connectivity index (χ2v) is 4.95. The van der Waals surface area contributed by atoms with Gasteiger partial charge in [-0.3, -0.25) is 0 Å². The average Bonchev–Trinajstić information content (AvgIpc) is 2.42. The first-order valence-electron chi connectivity index (χ1n) is 6.65. The Kier molecular flexibility index (Phi) is 4.61. The molecule has 3 heteroatoms. The van der Waals surface area contributed by atoms with E-state index in [1.807, 2.05) is 7.05 Å². The number of hydrogen-bond acceptors (Lipinski definition) is 3. The van der Waals surface area contributed by atoms with Crippen LogP contribution >= 0.6 is 0 Å². The van der Waals surface area contributed by atoms with Crippen molar-refractivity contribution < 1.29 is 9.47 Å². The van der Waals surface area contributed by atoms with Gasteiger partial charge < -0.3 is 14.8 Å². The van der Waals surface area contributed by atoms with Gasteiger partial charge in [0.05, 0.1) is 7.11 Å². The first-order valence-corrected chi connectivity index (χ1v) is 6.65. The number of ether oxygens (including phenoxy) is 2. The lowest BCUT2D eigenvalue weighted by atomic mass is 9.87. The van der Waals surface area contributed by atoms with Crippen LogP contribution in [-0.2, 0) is 4.74 Å². The van der Waals surface area contributed by atoms with E-state index in [0.717, 1.165) is 31.8 Å². The molecule has 1 atom stereocenters. The molecule has 0 saturated carbocycles. The van der Waals surface area contributed by atoms with E-state index in [-0.39, 0.29) is 0 Å². The Bertz CT molecular complexity index is 386. The summed E-state index contributed by atoms with van der Waals surface area (Å²) in [5.41, 5.74) is 2.50. The van der Waals surface area contributed by atoms with Gasteiger partial charge in [-0.25, -0.2) is 0 Å². The minimum Gasteiger partial charge on any atom is -0.496 e. The molecule has 1 aliphatic rings. The van der Waals surface area contributed by atoms with Gasteiger partial charge in [-0.05, 0) is 49.9 Å². The topological polar surface area (TPSA) is 30.5 Å². The van der Waals surface area contributed by atoms with Crippen LogP contribution in [0.2, 0.25) is 0 Å². The van der Waals surface area contributed by atoms with Gasteiger partial charge in [-0.1, -0.05) is 12.1 Å². The first-order chi connectivity index (χ1) is 8.76. The van der Waals surface area contributed by atoms with Crippen molar-refractivity contribution in [2.75, 3.05) is 27.4 Å². The normalized spacial score (nSPS) is 18.6. The van der Waals surface area contributed by atoms with Crippen molar-refractivity contribution in [3.63, 3.8) is 0 Å². The molecule has 1 unspecified atom stereocenters. The van der Waals surface area contributed by atoms with Crippen molar-refractivity contribution in [1.29, 1.82) is 0 Å². The average molecular weight is 249 g/mol. The van der Waals surface area contributed by atoms with Crippen LogP contribution in [0.15, 0.2) is 18.2 Å². The van der Waals surface area contributed by atoms with Crippen molar-refractivity contribution in [2.45, 2.75) is 25.8 Å². The molecule has 1 saturated heterocycles. The monoisotopic (exact) mass is 249 g/mol. The predicted molar refractivity (Wildman–Crippen MR) is 73.1 cm³/mol. The van der Waals surface area contributed by atoms with Crippen LogP contribution in [-0.4, -0.2) is 27.4 Å². The Morgan fingerprint density at radius 1 is 1.33 bits per heavy atom.